The summed E-state index contributed by atoms with van der Waals surface area (Å²) in [5.41, 5.74) is 0. The predicted molar refractivity (Wildman–Crippen MR) is 111 cm³/mol. The van der Waals surface area contributed by atoms with E-state index in [9.17, 15) is 0 Å². The van der Waals surface area contributed by atoms with Crippen LogP contribution in [-0.2, 0) is 18.3 Å². The normalized spacial score (nSPS) is 17.0. The van der Waals surface area contributed by atoms with Crippen LogP contribution in [0, 0.1) is 0 Å². The fourth-order valence-electron chi connectivity index (χ4n) is 3.42. The fraction of sp³-hybridized carbons (Fsp3) is 1.00. The Morgan fingerprint density at radius 2 is 1.23 bits per heavy atom. The number of rotatable bonds is 20. The van der Waals surface area contributed by atoms with Crippen LogP contribution in [0.3, 0.4) is 0 Å². The zero-order chi connectivity index (χ0) is 18.9. The molecule has 0 aromatic heterocycles. The Balaban J connectivity index is 1.75. The number of hydrogen-bond donors (Lipinski definition) is 0. The second-order valence-corrected chi connectivity index (χ2v) is 11.0. The van der Waals surface area contributed by atoms with Crippen molar-refractivity contribution in [2.45, 2.75) is 103 Å². The van der Waals surface area contributed by atoms with E-state index < -0.39 is 8.56 Å². The SMILES string of the molecule is CCO[Si](C)(CCCCCCCCCCCCCOCC1CO1)OCC. The van der Waals surface area contributed by atoms with Crippen LogP contribution in [0.4, 0.5) is 0 Å². The minimum Gasteiger partial charge on any atom is -0.395 e. The Bertz CT molecular complexity index is 304. The molecular formula is C21H44O4Si. The van der Waals surface area contributed by atoms with Crippen molar-refractivity contribution in [3.05, 3.63) is 0 Å². The third kappa shape index (κ3) is 14.2. The average molecular weight is 389 g/mol. The van der Waals surface area contributed by atoms with Gasteiger partial charge in [-0.3, -0.25) is 0 Å². The second-order valence-electron chi connectivity index (χ2n) is 7.67. The van der Waals surface area contributed by atoms with Gasteiger partial charge in [-0.05, 0) is 32.9 Å². The van der Waals surface area contributed by atoms with Gasteiger partial charge >= 0.3 is 8.56 Å². The van der Waals surface area contributed by atoms with Crippen molar-refractivity contribution in [2.75, 3.05) is 33.0 Å². The zero-order valence-electron chi connectivity index (χ0n) is 17.7. The van der Waals surface area contributed by atoms with E-state index in [0.717, 1.165) is 39.1 Å². The minimum atomic E-state index is -1.87. The number of hydrogen-bond acceptors (Lipinski definition) is 4. The van der Waals surface area contributed by atoms with Crippen molar-refractivity contribution < 1.29 is 18.3 Å². The minimum absolute atomic E-state index is 0.413. The Hall–Kier alpha value is 0.0569. The monoisotopic (exact) mass is 388 g/mol. The Labute approximate surface area is 163 Å². The summed E-state index contributed by atoms with van der Waals surface area (Å²) in [5, 5.41) is 0. The first-order chi connectivity index (χ1) is 12.7. The summed E-state index contributed by atoms with van der Waals surface area (Å²) in [6.07, 6.45) is 15.2. The molecule has 0 saturated carbocycles. The summed E-state index contributed by atoms with van der Waals surface area (Å²) in [7, 11) is -1.87. The molecule has 4 nitrogen and oxygen atoms in total. The highest BCUT2D eigenvalue weighted by molar-refractivity contribution is 6.66. The van der Waals surface area contributed by atoms with Crippen LogP contribution >= 0.6 is 0 Å². The van der Waals surface area contributed by atoms with Gasteiger partial charge in [-0.15, -0.1) is 0 Å². The van der Waals surface area contributed by atoms with Gasteiger partial charge in [0.1, 0.15) is 6.10 Å². The van der Waals surface area contributed by atoms with Crippen LogP contribution in [0.5, 0.6) is 0 Å². The molecule has 1 saturated heterocycles. The maximum atomic E-state index is 5.90. The van der Waals surface area contributed by atoms with Crippen LogP contribution in [0.2, 0.25) is 12.6 Å². The van der Waals surface area contributed by atoms with Crippen LogP contribution in [0.25, 0.3) is 0 Å². The molecule has 5 heteroatoms. The fourth-order valence-corrected chi connectivity index (χ4v) is 5.90. The number of unbranched alkanes of at least 4 members (excludes halogenated alkanes) is 10. The van der Waals surface area contributed by atoms with Crippen molar-refractivity contribution in [3.63, 3.8) is 0 Å². The molecule has 0 radical (unpaired) electrons. The van der Waals surface area contributed by atoms with E-state index in [1.807, 2.05) is 0 Å². The third-order valence-corrected chi connectivity index (χ3v) is 8.09. The molecule has 1 heterocycles. The van der Waals surface area contributed by atoms with Gasteiger partial charge in [-0.2, -0.15) is 0 Å². The van der Waals surface area contributed by atoms with Gasteiger partial charge in [0.05, 0.1) is 13.2 Å². The molecule has 1 rings (SSSR count). The highest BCUT2D eigenvalue weighted by Crippen LogP contribution is 2.19. The summed E-state index contributed by atoms with van der Waals surface area (Å²) >= 11 is 0. The predicted octanol–water partition coefficient (Wildman–Crippen LogP) is 5.84. The van der Waals surface area contributed by atoms with Gasteiger partial charge in [0, 0.05) is 19.8 Å². The van der Waals surface area contributed by atoms with Gasteiger partial charge in [0.25, 0.3) is 0 Å². The van der Waals surface area contributed by atoms with Gasteiger partial charge < -0.3 is 18.3 Å². The Kier molecular flexibility index (Phi) is 14.9. The second kappa shape index (κ2) is 16.1. The third-order valence-electron chi connectivity index (χ3n) is 5.03. The molecule has 1 unspecified atom stereocenters. The molecule has 0 bridgehead atoms. The molecule has 0 amide bonds. The van der Waals surface area contributed by atoms with E-state index in [1.165, 1.54) is 70.6 Å². The van der Waals surface area contributed by atoms with Gasteiger partial charge in [0.15, 0.2) is 0 Å². The lowest BCUT2D eigenvalue weighted by atomic mass is 10.1. The molecule has 1 fully saturated rings. The zero-order valence-corrected chi connectivity index (χ0v) is 18.7. The lowest BCUT2D eigenvalue weighted by molar-refractivity contribution is 0.113. The van der Waals surface area contributed by atoms with Crippen molar-refractivity contribution in [3.8, 4) is 0 Å². The largest absolute Gasteiger partial charge is 0.395 e. The summed E-state index contributed by atoms with van der Waals surface area (Å²) in [6, 6.07) is 1.14. The highest BCUT2D eigenvalue weighted by Gasteiger charge is 2.29. The topological polar surface area (TPSA) is 40.2 Å². The number of epoxide rings is 1. The number of ether oxygens (including phenoxy) is 2. The Morgan fingerprint density at radius 3 is 1.69 bits per heavy atom. The van der Waals surface area contributed by atoms with Gasteiger partial charge in [0.2, 0.25) is 0 Å². The standard InChI is InChI=1S/C21H44O4Si/c1-4-24-26(3,25-5-2)18-16-14-12-10-8-6-7-9-11-13-15-17-22-19-21-20-23-21/h21H,4-20H2,1-3H3. The molecule has 156 valence electrons. The molecule has 0 aliphatic carbocycles. The van der Waals surface area contributed by atoms with E-state index in [1.54, 1.807) is 0 Å². The highest BCUT2D eigenvalue weighted by atomic mass is 28.4. The molecule has 0 spiro atoms. The summed E-state index contributed by atoms with van der Waals surface area (Å²) in [6.45, 7) is 10.5. The van der Waals surface area contributed by atoms with Crippen molar-refractivity contribution >= 4 is 8.56 Å². The molecule has 1 aliphatic rings. The summed E-state index contributed by atoms with van der Waals surface area (Å²) in [4.78, 5) is 0. The van der Waals surface area contributed by atoms with E-state index in [-0.39, 0.29) is 0 Å². The maximum absolute atomic E-state index is 5.90. The van der Waals surface area contributed by atoms with E-state index in [4.69, 9.17) is 18.3 Å². The molecule has 0 aromatic rings. The van der Waals surface area contributed by atoms with E-state index >= 15 is 0 Å². The molecular weight excluding hydrogens is 344 g/mol. The van der Waals surface area contributed by atoms with Crippen molar-refractivity contribution in [2.24, 2.45) is 0 Å². The molecule has 1 atom stereocenters. The smallest absolute Gasteiger partial charge is 0.334 e. The quantitative estimate of drug-likeness (QED) is 0.149. The maximum Gasteiger partial charge on any atom is 0.334 e. The van der Waals surface area contributed by atoms with Crippen LogP contribution in [0.1, 0.15) is 84.5 Å². The molecule has 1 aliphatic heterocycles. The average Bonchev–Trinajstić information content (AvgIpc) is 3.43. The van der Waals surface area contributed by atoms with Crippen LogP contribution in [0.15, 0.2) is 0 Å². The van der Waals surface area contributed by atoms with Crippen LogP contribution in [-0.4, -0.2) is 47.7 Å². The van der Waals surface area contributed by atoms with Gasteiger partial charge in [-0.25, -0.2) is 0 Å². The van der Waals surface area contributed by atoms with Crippen molar-refractivity contribution in [1.82, 2.24) is 0 Å². The van der Waals surface area contributed by atoms with Crippen LogP contribution < -0.4 is 0 Å². The first kappa shape index (κ1) is 24.1. The lowest BCUT2D eigenvalue weighted by Gasteiger charge is -2.25. The summed E-state index contributed by atoms with van der Waals surface area (Å²) in [5.74, 6) is 0. The van der Waals surface area contributed by atoms with E-state index in [2.05, 4.69) is 20.4 Å². The van der Waals surface area contributed by atoms with E-state index in [0.29, 0.717) is 6.10 Å². The Morgan fingerprint density at radius 1 is 0.769 bits per heavy atom. The molecule has 0 aromatic carbocycles. The first-order valence-corrected chi connectivity index (χ1v) is 13.7. The van der Waals surface area contributed by atoms with Crippen molar-refractivity contribution in [1.29, 1.82) is 0 Å². The van der Waals surface area contributed by atoms with Gasteiger partial charge in [-0.1, -0.05) is 64.2 Å². The summed E-state index contributed by atoms with van der Waals surface area (Å²) < 4.78 is 22.5. The molecule has 26 heavy (non-hydrogen) atoms. The lowest BCUT2D eigenvalue weighted by Crippen LogP contribution is -2.38. The molecule has 0 N–H and O–H groups in total. The first-order valence-electron chi connectivity index (χ1n) is 11.2.